The highest BCUT2D eigenvalue weighted by Gasteiger charge is 2.34. The topological polar surface area (TPSA) is 51.1 Å². The van der Waals surface area contributed by atoms with Gasteiger partial charge in [0.25, 0.3) is 5.56 Å². The van der Waals surface area contributed by atoms with Gasteiger partial charge in [0.05, 0.1) is 0 Å². The second kappa shape index (κ2) is 8.17. The van der Waals surface area contributed by atoms with Crippen LogP contribution < -0.4 is 10.9 Å². The molecule has 1 amide bonds. The van der Waals surface area contributed by atoms with E-state index in [-0.39, 0.29) is 6.04 Å². The Bertz CT molecular complexity index is 579. The molecule has 0 aliphatic carbocycles. The van der Waals surface area contributed by atoms with Crippen molar-refractivity contribution in [3.63, 3.8) is 0 Å². The van der Waals surface area contributed by atoms with Crippen molar-refractivity contribution in [3.8, 4) is 0 Å². The third kappa shape index (κ3) is 6.46. The number of nitrogens with zero attached hydrogens (tertiary/aromatic N) is 1. The van der Waals surface area contributed by atoms with Gasteiger partial charge in [0.2, 0.25) is 5.91 Å². The molecule has 0 saturated carbocycles. The summed E-state index contributed by atoms with van der Waals surface area (Å²) in [5.74, 6) is 0.116. The fourth-order valence-corrected chi connectivity index (χ4v) is 2.26. The van der Waals surface area contributed by atoms with Crippen LogP contribution in [0.1, 0.15) is 45.6 Å². The molecule has 1 aromatic rings. The van der Waals surface area contributed by atoms with Gasteiger partial charge in [-0.1, -0.05) is 26.7 Å². The number of hydrogen-bond donors (Lipinski definition) is 1. The van der Waals surface area contributed by atoms with Gasteiger partial charge in [-0.2, -0.15) is 13.2 Å². The molecule has 0 saturated heterocycles. The molecule has 0 spiro atoms. The summed E-state index contributed by atoms with van der Waals surface area (Å²) < 4.78 is 38.8. The van der Waals surface area contributed by atoms with Gasteiger partial charge in [0.1, 0.15) is 12.1 Å². The van der Waals surface area contributed by atoms with Crippen LogP contribution in [0.15, 0.2) is 23.1 Å². The molecule has 1 N–H and O–H groups in total. The maximum Gasteiger partial charge on any atom is 0.421 e. The van der Waals surface area contributed by atoms with Gasteiger partial charge in [0, 0.05) is 12.2 Å². The minimum absolute atomic E-state index is 0.0808. The Balaban J connectivity index is 2.63. The van der Waals surface area contributed by atoms with Gasteiger partial charge in [-0.3, -0.25) is 9.59 Å². The molecule has 1 atom stereocenters. The van der Waals surface area contributed by atoms with Crippen molar-refractivity contribution in [2.45, 2.75) is 58.8 Å². The molecule has 4 nitrogen and oxygen atoms in total. The zero-order valence-corrected chi connectivity index (χ0v) is 13.6. The summed E-state index contributed by atoms with van der Waals surface area (Å²) in [5, 5.41) is 2.71. The summed E-state index contributed by atoms with van der Waals surface area (Å²) in [6, 6.07) is 1.75. The van der Waals surface area contributed by atoms with E-state index in [1.807, 2.05) is 6.92 Å². The molecule has 130 valence electrons. The smallest absolute Gasteiger partial charge is 0.352 e. The third-order valence-electron chi connectivity index (χ3n) is 3.47. The molecular formula is C16H23F3N2O2. The minimum atomic E-state index is -4.72. The summed E-state index contributed by atoms with van der Waals surface area (Å²) in [7, 11) is 0. The number of pyridine rings is 1. The number of aromatic nitrogens is 1. The molecule has 0 aliphatic heterocycles. The van der Waals surface area contributed by atoms with Crippen LogP contribution in [0.25, 0.3) is 0 Å². The lowest BCUT2D eigenvalue weighted by atomic mass is 10.0. The van der Waals surface area contributed by atoms with Crippen LogP contribution in [0.2, 0.25) is 0 Å². The lowest BCUT2D eigenvalue weighted by Crippen LogP contribution is -2.38. The molecule has 7 heteroatoms. The zero-order chi connectivity index (χ0) is 17.6. The van der Waals surface area contributed by atoms with Gasteiger partial charge < -0.3 is 9.88 Å². The predicted molar refractivity (Wildman–Crippen MR) is 82.0 cm³/mol. The highest BCUT2D eigenvalue weighted by atomic mass is 19.4. The van der Waals surface area contributed by atoms with Crippen molar-refractivity contribution >= 4 is 5.91 Å². The average molecular weight is 332 g/mol. The lowest BCUT2D eigenvalue weighted by molar-refractivity contribution is -0.139. The van der Waals surface area contributed by atoms with E-state index in [0.717, 1.165) is 29.9 Å². The van der Waals surface area contributed by atoms with Crippen LogP contribution >= 0.6 is 0 Å². The summed E-state index contributed by atoms with van der Waals surface area (Å²) in [6.45, 7) is 5.65. The van der Waals surface area contributed by atoms with E-state index in [0.29, 0.717) is 12.0 Å². The lowest BCUT2D eigenvalue weighted by Gasteiger charge is -2.15. The quantitative estimate of drug-likeness (QED) is 0.834. The third-order valence-corrected chi connectivity index (χ3v) is 3.47. The molecule has 0 fully saturated rings. The molecule has 1 heterocycles. The number of nitrogens with one attached hydrogen (secondary N) is 1. The number of alkyl halides is 3. The Kier molecular flexibility index (Phi) is 6.84. The van der Waals surface area contributed by atoms with Crippen LogP contribution in [-0.2, 0) is 17.5 Å². The first-order chi connectivity index (χ1) is 10.6. The monoisotopic (exact) mass is 332 g/mol. The van der Waals surface area contributed by atoms with Gasteiger partial charge in [-0.05, 0) is 31.4 Å². The van der Waals surface area contributed by atoms with E-state index in [9.17, 15) is 22.8 Å². The Hall–Kier alpha value is -1.79. The molecular weight excluding hydrogens is 309 g/mol. The molecule has 23 heavy (non-hydrogen) atoms. The first-order valence-electron chi connectivity index (χ1n) is 7.67. The van der Waals surface area contributed by atoms with Crippen LogP contribution in [-0.4, -0.2) is 16.5 Å². The van der Waals surface area contributed by atoms with Gasteiger partial charge in [0.15, 0.2) is 0 Å². The van der Waals surface area contributed by atoms with Crippen LogP contribution in [0.5, 0.6) is 0 Å². The van der Waals surface area contributed by atoms with Crippen molar-refractivity contribution in [1.82, 2.24) is 9.88 Å². The van der Waals surface area contributed by atoms with E-state index in [4.69, 9.17) is 0 Å². The molecule has 1 rings (SSSR count). The van der Waals surface area contributed by atoms with Gasteiger partial charge in [-0.15, -0.1) is 0 Å². The Morgan fingerprint density at radius 1 is 1.26 bits per heavy atom. The highest BCUT2D eigenvalue weighted by Crippen LogP contribution is 2.25. The Labute approximate surface area is 133 Å². The van der Waals surface area contributed by atoms with Crippen molar-refractivity contribution in [1.29, 1.82) is 0 Å². The van der Waals surface area contributed by atoms with E-state index in [1.165, 1.54) is 6.20 Å². The summed E-state index contributed by atoms with van der Waals surface area (Å²) in [5.41, 5.74) is -2.47. The summed E-state index contributed by atoms with van der Waals surface area (Å²) >= 11 is 0. The van der Waals surface area contributed by atoms with Crippen LogP contribution in [0.3, 0.4) is 0 Å². The molecule has 0 aromatic carbocycles. The SMILES string of the molecule is CC(C)CCCC(C)NC(=O)Cn1cccc(C(F)(F)F)c1=O. The maximum atomic E-state index is 12.7. The van der Waals surface area contributed by atoms with Gasteiger partial charge >= 0.3 is 6.18 Å². The minimum Gasteiger partial charge on any atom is -0.352 e. The van der Waals surface area contributed by atoms with Gasteiger partial charge in [-0.25, -0.2) is 0 Å². The first-order valence-corrected chi connectivity index (χ1v) is 7.67. The van der Waals surface area contributed by atoms with Crippen molar-refractivity contribution in [3.05, 3.63) is 34.2 Å². The standard InChI is InChI=1S/C16H23F3N2O2/c1-11(2)6-4-7-12(3)20-14(22)10-21-9-5-8-13(15(21)23)16(17,18)19/h5,8-9,11-12H,4,6-7,10H2,1-3H3,(H,20,22). The second-order valence-electron chi connectivity index (χ2n) is 6.15. The summed E-state index contributed by atoms with van der Waals surface area (Å²) in [4.78, 5) is 23.6. The van der Waals surface area contributed by atoms with Crippen molar-refractivity contribution in [2.24, 2.45) is 5.92 Å². The highest BCUT2D eigenvalue weighted by molar-refractivity contribution is 5.76. The number of halogens is 3. The Morgan fingerprint density at radius 3 is 2.48 bits per heavy atom. The van der Waals surface area contributed by atoms with Crippen LogP contribution in [0.4, 0.5) is 13.2 Å². The van der Waals surface area contributed by atoms with E-state index >= 15 is 0 Å². The number of rotatable bonds is 7. The normalized spacial score (nSPS) is 13.2. The molecule has 1 unspecified atom stereocenters. The fourth-order valence-electron chi connectivity index (χ4n) is 2.26. The number of carbonyl (C=O) groups excluding carboxylic acids is 1. The first kappa shape index (κ1) is 19.3. The summed E-state index contributed by atoms with van der Waals surface area (Å²) in [6.07, 6.45) is -0.737. The van der Waals surface area contributed by atoms with E-state index < -0.39 is 29.8 Å². The van der Waals surface area contributed by atoms with Crippen LogP contribution in [0, 0.1) is 5.92 Å². The molecule has 0 bridgehead atoms. The molecule has 0 radical (unpaired) electrons. The average Bonchev–Trinajstić information content (AvgIpc) is 2.39. The Morgan fingerprint density at radius 2 is 1.91 bits per heavy atom. The predicted octanol–water partition coefficient (Wildman–Crippen LogP) is 3.20. The largest absolute Gasteiger partial charge is 0.421 e. The number of amides is 1. The maximum absolute atomic E-state index is 12.7. The number of carbonyl (C=O) groups is 1. The van der Waals surface area contributed by atoms with Crippen molar-refractivity contribution < 1.29 is 18.0 Å². The van der Waals surface area contributed by atoms with E-state index in [1.54, 1.807) is 0 Å². The number of hydrogen-bond acceptors (Lipinski definition) is 2. The zero-order valence-electron chi connectivity index (χ0n) is 13.6. The molecule has 1 aromatic heterocycles. The second-order valence-corrected chi connectivity index (χ2v) is 6.15. The van der Waals surface area contributed by atoms with E-state index in [2.05, 4.69) is 19.2 Å². The van der Waals surface area contributed by atoms with Crippen molar-refractivity contribution in [2.75, 3.05) is 0 Å². The molecule has 0 aliphatic rings. The fraction of sp³-hybridized carbons (Fsp3) is 0.625.